The van der Waals surface area contributed by atoms with Gasteiger partial charge >= 0.3 is 5.97 Å². The number of benzene rings is 2. The summed E-state index contributed by atoms with van der Waals surface area (Å²) < 4.78 is 0. The van der Waals surface area contributed by atoms with Crippen LogP contribution in [0.1, 0.15) is 47.7 Å². The molecule has 2 aromatic carbocycles. The number of unbranched alkanes of at least 4 members (excludes halogenated alkanes) is 2. The first kappa shape index (κ1) is 21.0. The molecule has 1 amide bonds. The predicted octanol–water partition coefficient (Wildman–Crippen LogP) is 3.88. The van der Waals surface area contributed by atoms with Crippen molar-refractivity contribution in [3.63, 3.8) is 0 Å². The van der Waals surface area contributed by atoms with Crippen LogP contribution in [0.3, 0.4) is 0 Å². The summed E-state index contributed by atoms with van der Waals surface area (Å²) in [5.41, 5.74) is 13.2. The molecular formula is C21H26N2O3. The molecule has 0 fully saturated rings. The highest BCUT2D eigenvalue weighted by molar-refractivity contribution is 5.93. The van der Waals surface area contributed by atoms with Crippen LogP contribution >= 0.6 is 0 Å². The molecule has 0 heterocycles. The first-order chi connectivity index (χ1) is 12.4. The van der Waals surface area contributed by atoms with Gasteiger partial charge in [-0.3, -0.25) is 4.79 Å². The molecule has 5 nitrogen and oxygen atoms in total. The van der Waals surface area contributed by atoms with Crippen LogP contribution in [0.15, 0.2) is 54.6 Å². The molecule has 2 rings (SSSR count). The van der Waals surface area contributed by atoms with E-state index in [1.54, 1.807) is 24.3 Å². The van der Waals surface area contributed by atoms with Gasteiger partial charge in [-0.2, -0.15) is 0 Å². The first-order valence-electron chi connectivity index (χ1n) is 8.58. The van der Waals surface area contributed by atoms with Crippen LogP contribution in [0.25, 0.3) is 6.08 Å². The number of amides is 1. The number of hydrogen-bond donors (Lipinski definition) is 3. The van der Waals surface area contributed by atoms with Crippen molar-refractivity contribution in [2.24, 2.45) is 5.73 Å². The van der Waals surface area contributed by atoms with Crippen molar-refractivity contribution < 1.29 is 14.7 Å². The molecule has 0 unspecified atom stereocenters. The Morgan fingerprint density at radius 1 is 1.04 bits per heavy atom. The number of primary amides is 1. The van der Waals surface area contributed by atoms with Gasteiger partial charge in [0.15, 0.2) is 0 Å². The average molecular weight is 354 g/mol. The molecule has 0 aromatic heterocycles. The predicted molar refractivity (Wildman–Crippen MR) is 106 cm³/mol. The van der Waals surface area contributed by atoms with Gasteiger partial charge in [0.25, 0.3) is 0 Å². The lowest BCUT2D eigenvalue weighted by atomic mass is 10.1. The first-order valence-corrected chi connectivity index (χ1v) is 8.58. The van der Waals surface area contributed by atoms with Crippen LogP contribution in [-0.4, -0.2) is 17.0 Å². The Hall–Kier alpha value is -3.08. The standard InChI is InChI=1S/C14H19NO.C7H7NO2/c1-2-3-4-5-12-6-8-13(9-7-12)10-11-14(15)16;8-6-4-2-1-3-5(6)7(9)10/h6-11H,2-5H2,1H3,(H2,15,16);1-4H,8H2,(H,9,10)/b11-10+;. The van der Waals surface area contributed by atoms with Crippen LogP contribution in [0.4, 0.5) is 5.69 Å². The molecule has 2 aromatic rings. The number of carboxylic acid groups (broad SMARTS) is 1. The van der Waals surface area contributed by atoms with Gasteiger partial charge in [-0.25, -0.2) is 4.79 Å². The fraction of sp³-hybridized carbons (Fsp3) is 0.238. The number of nitrogen functional groups attached to an aromatic ring is 1. The molecule has 0 bridgehead atoms. The topological polar surface area (TPSA) is 106 Å². The number of carbonyl (C=O) groups excluding carboxylic acids is 1. The monoisotopic (exact) mass is 354 g/mol. The molecule has 0 spiro atoms. The maximum Gasteiger partial charge on any atom is 0.337 e. The van der Waals surface area contributed by atoms with Crippen molar-refractivity contribution in [3.05, 3.63) is 71.3 Å². The lowest BCUT2D eigenvalue weighted by molar-refractivity contribution is -0.113. The molecule has 5 heteroatoms. The van der Waals surface area contributed by atoms with Gasteiger partial charge in [-0.1, -0.05) is 56.2 Å². The summed E-state index contributed by atoms with van der Waals surface area (Å²) in [6.45, 7) is 2.21. The molecule has 0 aliphatic heterocycles. The van der Waals surface area contributed by atoms with E-state index in [4.69, 9.17) is 16.6 Å². The lowest BCUT2D eigenvalue weighted by Gasteiger charge is -2.01. The van der Waals surface area contributed by atoms with E-state index in [0.29, 0.717) is 5.69 Å². The Morgan fingerprint density at radius 3 is 2.19 bits per heavy atom. The summed E-state index contributed by atoms with van der Waals surface area (Å²) in [5.74, 6) is -1.40. The highest BCUT2D eigenvalue weighted by atomic mass is 16.4. The molecule has 0 radical (unpaired) electrons. The summed E-state index contributed by atoms with van der Waals surface area (Å²) >= 11 is 0. The maximum absolute atomic E-state index is 10.5. The number of para-hydroxylation sites is 1. The van der Waals surface area contributed by atoms with Gasteiger partial charge < -0.3 is 16.6 Å². The van der Waals surface area contributed by atoms with Crippen molar-refractivity contribution in [2.45, 2.75) is 32.6 Å². The highest BCUT2D eigenvalue weighted by Crippen LogP contribution is 2.10. The number of nitrogens with two attached hydrogens (primary N) is 2. The van der Waals surface area contributed by atoms with Gasteiger partial charge in [0.1, 0.15) is 0 Å². The van der Waals surface area contributed by atoms with E-state index in [1.807, 2.05) is 12.1 Å². The van der Waals surface area contributed by atoms with Gasteiger partial charge in [0, 0.05) is 11.8 Å². The summed E-state index contributed by atoms with van der Waals surface area (Å²) in [6.07, 6.45) is 8.02. The van der Waals surface area contributed by atoms with E-state index in [9.17, 15) is 9.59 Å². The lowest BCUT2D eigenvalue weighted by Crippen LogP contribution is -2.05. The second-order valence-corrected chi connectivity index (χ2v) is 5.83. The minimum Gasteiger partial charge on any atom is -0.478 e. The van der Waals surface area contributed by atoms with E-state index >= 15 is 0 Å². The molecule has 0 aliphatic rings. The molecule has 0 atom stereocenters. The van der Waals surface area contributed by atoms with Crippen LogP contribution < -0.4 is 11.5 Å². The van der Waals surface area contributed by atoms with Gasteiger partial charge in [0.2, 0.25) is 5.91 Å². The van der Waals surface area contributed by atoms with Gasteiger partial charge in [-0.05, 0) is 42.2 Å². The fourth-order valence-corrected chi connectivity index (χ4v) is 2.24. The minimum atomic E-state index is -0.988. The zero-order valence-corrected chi connectivity index (χ0v) is 15.0. The van der Waals surface area contributed by atoms with E-state index in [1.165, 1.54) is 37.0 Å². The average Bonchev–Trinajstić information content (AvgIpc) is 2.62. The molecule has 5 N–H and O–H groups in total. The zero-order valence-electron chi connectivity index (χ0n) is 15.0. The Kier molecular flexibility index (Phi) is 9.25. The van der Waals surface area contributed by atoms with Crippen molar-refractivity contribution in [2.75, 3.05) is 5.73 Å². The molecule has 138 valence electrons. The third-order valence-electron chi connectivity index (χ3n) is 3.68. The van der Waals surface area contributed by atoms with E-state index in [0.717, 1.165) is 12.0 Å². The fourth-order valence-electron chi connectivity index (χ4n) is 2.24. The van der Waals surface area contributed by atoms with Crippen LogP contribution in [-0.2, 0) is 11.2 Å². The van der Waals surface area contributed by atoms with Crippen LogP contribution in [0.2, 0.25) is 0 Å². The molecule has 0 saturated carbocycles. The Labute approximate surface area is 154 Å². The van der Waals surface area contributed by atoms with E-state index < -0.39 is 11.9 Å². The van der Waals surface area contributed by atoms with Crippen LogP contribution in [0, 0.1) is 0 Å². The van der Waals surface area contributed by atoms with Crippen LogP contribution in [0.5, 0.6) is 0 Å². The Bertz CT molecular complexity index is 737. The van der Waals surface area contributed by atoms with E-state index in [-0.39, 0.29) is 5.56 Å². The molecule has 0 aliphatic carbocycles. The smallest absolute Gasteiger partial charge is 0.337 e. The third kappa shape index (κ3) is 8.15. The number of aryl methyl sites for hydroxylation is 1. The second kappa shape index (κ2) is 11.5. The van der Waals surface area contributed by atoms with Crippen molar-refractivity contribution in [1.82, 2.24) is 0 Å². The summed E-state index contributed by atoms with van der Waals surface area (Å²) in [5, 5.41) is 8.49. The van der Waals surface area contributed by atoms with Gasteiger partial charge in [0.05, 0.1) is 5.56 Å². The summed E-state index contributed by atoms with van der Waals surface area (Å²) in [7, 11) is 0. The molecular weight excluding hydrogens is 328 g/mol. The molecule has 26 heavy (non-hydrogen) atoms. The third-order valence-corrected chi connectivity index (χ3v) is 3.68. The van der Waals surface area contributed by atoms with Crippen molar-refractivity contribution in [3.8, 4) is 0 Å². The van der Waals surface area contributed by atoms with Crippen molar-refractivity contribution in [1.29, 1.82) is 0 Å². The number of aromatic carboxylic acids is 1. The largest absolute Gasteiger partial charge is 0.478 e. The number of anilines is 1. The van der Waals surface area contributed by atoms with E-state index in [2.05, 4.69) is 19.1 Å². The SMILES string of the molecule is CCCCCc1ccc(/C=C/C(N)=O)cc1.Nc1ccccc1C(=O)O. The summed E-state index contributed by atoms with van der Waals surface area (Å²) in [6, 6.07) is 14.6. The maximum atomic E-state index is 10.5. The second-order valence-electron chi connectivity index (χ2n) is 5.83. The zero-order chi connectivity index (χ0) is 19.4. The molecule has 0 saturated heterocycles. The number of carbonyl (C=O) groups is 2. The quantitative estimate of drug-likeness (QED) is 0.398. The summed E-state index contributed by atoms with van der Waals surface area (Å²) in [4.78, 5) is 20.9. The normalized spacial score (nSPS) is 10.2. The number of hydrogen-bond acceptors (Lipinski definition) is 3. The van der Waals surface area contributed by atoms with Gasteiger partial charge in [-0.15, -0.1) is 0 Å². The number of rotatable bonds is 7. The Balaban J connectivity index is 0.000000289. The Morgan fingerprint density at radius 2 is 1.69 bits per heavy atom. The van der Waals surface area contributed by atoms with Crippen molar-refractivity contribution >= 4 is 23.6 Å². The number of carboxylic acids is 1. The highest BCUT2D eigenvalue weighted by Gasteiger charge is 2.03. The minimum absolute atomic E-state index is 0.155.